The van der Waals surface area contributed by atoms with E-state index in [2.05, 4.69) is 27.0 Å². The molecular formula is C17H26N4O2. The Balaban J connectivity index is 1.61. The summed E-state index contributed by atoms with van der Waals surface area (Å²) >= 11 is 0. The zero-order valence-electron chi connectivity index (χ0n) is 14.7. The lowest BCUT2D eigenvalue weighted by Gasteiger charge is -2.39. The monoisotopic (exact) mass is 318 g/mol. The lowest BCUT2D eigenvalue weighted by molar-refractivity contribution is 0.0725. The van der Waals surface area contributed by atoms with E-state index in [0.29, 0.717) is 6.04 Å². The molecule has 3 rings (SSSR count). The molecule has 0 unspecified atom stereocenters. The van der Waals surface area contributed by atoms with Crippen LogP contribution >= 0.6 is 0 Å². The molecule has 0 N–H and O–H groups in total. The van der Waals surface area contributed by atoms with E-state index in [4.69, 9.17) is 9.05 Å². The molecule has 0 radical (unpaired) electrons. The fraction of sp³-hybridized carbons (Fsp3) is 0.647. The van der Waals surface area contributed by atoms with Crippen LogP contribution in [0.3, 0.4) is 0 Å². The molecule has 0 spiro atoms. The molecule has 1 aliphatic heterocycles. The highest BCUT2D eigenvalue weighted by atomic mass is 16.5. The highest BCUT2D eigenvalue weighted by Gasteiger charge is 2.26. The fourth-order valence-corrected chi connectivity index (χ4v) is 3.33. The highest BCUT2D eigenvalue weighted by Crippen LogP contribution is 2.21. The Morgan fingerprint density at radius 2 is 1.48 bits per heavy atom. The summed E-state index contributed by atoms with van der Waals surface area (Å²) in [5, 5.41) is 8.12. The maximum atomic E-state index is 5.29. The van der Waals surface area contributed by atoms with E-state index in [0.717, 1.165) is 55.6 Å². The second kappa shape index (κ2) is 6.45. The van der Waals surface area contributed by atoms with Gasteiger partial charge < -0.3 is 9.05 Å². The molecule has 2 aromatic heterocycles. The summed E-state index contributed by atoms with van der Waals surface area (Å²) in [5.41, 5.74) is 4.48. The van der Waals surface area contributed by atoms with Crippen molar-refractivity contribution in [2.75, 3.05) is 19.6 Å². The number of aryl methyl sites for hydroxylation is 4. The normalized spacial score (nSPS) is 20.3. The van der Waals surface area contributed by atoms with Crippen molar-refractivity contribution in [2.24, 2.45) is 0 Å². The van der Waals surface area contributed by atoms with Crippen LogP contribution in [0, 0.1) is 27.7 Å². The van der Waals surface area contributed by atoms with Crippen molar-refractivity contribution in [3.63, 3.8) is 0 Å². The molecule has 0 amide bonds. The van der Waals surface area contributed by atoms with Gasteiger partial charge in [-0.05, 0) is 34.6 Å². The summed E-state index contributed by atoms with van der Waals surface area (Å²) < 4.78 is 10.6. The summed E-state index contributed by atoms with van der Waals surface area (Å²) in [6.45, 7) is 15.3. The number of aromatic nitrogens is 2. The Hall–Kier alpha value is -1.66. The second-order valence-corrected chi connectivity index (χ2v) is 6.66. The van der Waals surface area contributed by atoms with E-state index in [1.54, 1.807) is 0 Å². The Morgan fingerprint density at radius 3 is 1.96 bits per heavy atom. The summed E-state index contributed by atoms with van der Waals surface area (Å²) in [5.74, 6) is 1.88. The van der Waals surface area contributed by atoms with Crippen LogP contribution in [0.25, 0.3) is 0 Å². The van der Waals surface area contributed by atoms with Crippen LogP contribution < -0.4 is 0 Å². The second-order valence-electron chi connectivity index (χ2n) is 6.66. The van der Waals surface area contributed by atoms with Crippen molar-refractivity contribution in [3.8, 4) is 0 Å². The maximum Gasteiger partial charge on any atom is 0.138 e. The number of nitrogens with zero attached hydrogens (tertiary/aromatic N) is 4. The van der Waals surface area contributed by atoms with Crippen molar-refractivity contribution >= 4 is 0 Å². The summed E-state index contributed by atoms with van der Waals surface area (Å²) in [6, 6.07) is 0.498. The molecule has 0 bridgehead atoms. The summed E-state index contributed by atoms with van der Waals surface area (Å²) in [6.07, 6.45) is 0. The Labute approximate surface area is 137 Å². The van der Waals surface area contributed by atoms with Gasteiger partial charge in [0.25, 0.3) is 0 Å². The minimum Gasteiger partial charge on any atom is -0.361 e. The van der Waals surface area contributed by atoms with E-state index >= 15 is 0 Å². The average molecular weight is 318 g/mol. The quantitative estimate of drug-likeness (QED) is 0.863. The van der Waals surface area contributed by atoms with Gasteiger partial charge in [-0.25, -0.2) is 0 Å². The van der Waals surface area contributed by atoms with Gasteiger partial charge in [-0.3, -0.25) is 9.80 Å². The minimum absolute atomic E-state index is 0.498. The van der Waals surface area contributed by atoms with Gasteiger partial charge in [0.1, 0.15) is 11.5 Å². The average Bonchev–Trinajstić information content (AvgIpc) is 2.99. The van der Waals surface area contributed by atoms with Crippen molar-refractivity contribution in [3.05, 3.63) is 34.0 Å². The smallest absolute Gasteiger partial charge is 0.138 e. The van der Waals surface area contributed by atoms with Gasteiger partial charge in [0.15, 0.2) is 0 Å². The Bertz CT molecular complexity index is 637. The molecule has 23 heavy (non-hydrogen) atoms. The summed E-state index contributed by atoms with van der Waals surface area (Å²) in [4.78, 5) is 5.00. The molecule has 126 valence electrons. The van der Waals surface area contributed by atoms with Crippen LogP contribution in [0.15, 0.2) is 9.05 Å². The van der Waals surface area contributed by atoms with Crippen LogP contribution in [-0.4, -0.2) is 45.8 Å². The van der Waals surface area contributed by atoms with Gasteiger partial charge in [-0.2, -0.15) is 0 Å². The van der Waals surface area contributed by atoms with E-state index in [9.17, 15) is 0 Å². The molecule has 1 aliphatic rings. The maximum absolute atomic E-state index is 5.29. The molecule has 6 heteroatoms. The largest absolute Gasteiger partial charge is 0.361 e. The third kappa shape index (κ3) is 3.33. The first-order chi connectivity index (χ1) is 11.0. The van der Waals surface area contributed by atoms with Crippen molar-refractivity contribution in [2.45, 2.75) is 53.8 Å². The number of hydrogen-bond donors (Lipinski definition) is 0. The molecule has 3 heterocycles. The Kier molecular flexibility index (Phi) is 4.55. The standard InChI is InChI=1S/C17H26N4O2/c1-11-8-20(9-16-12(2)18-22-14(16)4)6-7-21(11)10-17-13(3)19-23-15(17)5/h11H,6-10H2,1-5H3/t11-/m1/s1. The molecule has 6 nitrogen and oxygen atoms in total. The zero-order chi connectivity index (χ0) is 16.6. The first-order valence-electron chi connectivity index (χ1n) is 8.25. The molecule has 0 saturated carbocycles. The van der Waals surface area contributed by atoms with Crippen LogP contribution in [0.2, 0.25) is 0 Å². The van der Waals surface area contributed by atoms with Crippen LogP contribution in [0.4, 0.5) is 0 Å². The van der Waals surface area contributed by atoms with Gasteiger partial charge in [0.2, 0.25) is 0 Å². The zero-order valence-corrected chi connectivity index (χ0v) is 14.7. The van der Waals surface area contributed by atoms with E-state index in [1.165, 1.54) is 11.1 Å². The van der Waals surface area contributed by atoms with Crippen LogP contribution in [0.1, 0.15) is 41.0 Å². The fourth-order valence-electron chi connectivity index (χ4n) is 3.33. The third-order valence-electron chi connectivity index (χ3n) is 4.95. The number of rotatable bonds is 4. The van der Waals surface area contributed by atoms with Crippen molar-refractivity contribution < 1.29 is 9.05 Å². The van der Waals surface area contributed by atoms with Gasteiger partial charge in [-0.1, -0.05) is 10.3 Å². The molecule has 0 aliphatic carbocycles. The molecule has 1 fully saturated rings. The predicted molar refractivity (Wildman–Crippen MR) is 87.1 cm³/mol. The predicted octanol–water partition coefficient (Wildman–Crippen LogP) is 2.60. The first kappa shape index (κ1) is 16.2. The van der Waals surface area contributed by atoms with E-state index in [-0.39, 0.29) is 0 Å². The van der Waals surface area contributed by atoms with Gasteiger partial charge >= 0.3 is 0 Å². The molecule has 1 saturated heterocycles. The van der Waals surface area contributed by atoms with Gasteiger partial charge in [0, 0.05) is 49.9 Å². The van der Waals surface area contributed by atoms with Crippen molar-refractivity contribution in [1.29, 1.82) is 0 Å². The highest BCUT2D eigenvalue weighted by molar-refractivity contribution is 5.22. The topological polar surface area (TPSA) is 58.5 Å². The third-order valence-corrected chi connectivity index (χ3v) is 4.95. The van der Waals surface area contributed by atoms with Crippen LogP contribution in [-0.2, 0) is 13.1 Å². The lowest BCUT2D eigenvalue weighted by atomic mass is 10.1. The summed E-state index contributed by atoms with van der Waals surface area (Å²) in [7, 11) is 0. The SMILES string of the molecule is Cc1noc(C)c1CN1CCN(Cc2c(C)noc2C)[C@H](C)C1. The number of piperazine rings is 1. The van der Waals surface area contributed by atoms with Crippen LogP contribution in [0.5, 0.6) is 0 Å². The van der Waals surface area contributed by atoms with Gasteiger partial charge in [0.05, 0.1) is 11.4 Å². The van der Waals surface area contributed by atoms with E-state index < -0.39 is 0 Å². The number of hydrogen-bond acceptors (Lipinski definition) is 6. The molecule has 1 atom stereocenters. The first-order valence-corrected chi connectivity index (χ1v) is 8.25. The van der Waals surface area contributed by atoms with Gasteiger partial charge in [-0.15, -0.1) is 0 Å². The van der Waals surface area contributed by atoms with E-state index in [1.807, 2.05) is 27.7 Å². The molecular weight excluding hydrogens is 292 g/mol. The Morgan fingerprint density at radius 1 is 0.913 bits per heavy atom. The minimum atomic E-state index is 0.498. The molecule has 2 aromatic rings. The molecule has 0 aromatic carbocycles. The van der Waals surface area contributed by atoms with Crippen molar-refractivity contribution in [1.82, 2.24) is 20.1 Å². The lowest BCUT2D eigenvalue weighted by Crippen LogP contribution is -2.51.